The second-order valence-electron chi connectivity index (χ2n) is 5.15. The van der Waals surface area contributed by atoms with Crippen LogP contribution in [0.3, 0.4) is 0 Å². The van der Waals surface area contributed by atoms with Gasteiger partial charge in [-0.1, -0.05) is 46.8 Å². The van der Waals surface area contributed by atoms with Gasteiger partial charge in [-0.15, -0.1) is 0 Å². The molecule has 0 aliphatic carbocycles. The highest BCUT2D eigenvalue weighted by atomic mass is 79.9. The summed E-state index contributed by atoms with van der Waals surface area (Å²) in [5, 5.41) is 2.80. The van der Waals surface area contributed by atoms with E-state index in [1.807, 2.05) is 36.4 Å². The van der Waals surface area contributed by atoms with Gasteiger partial charge in [-0.2, -0.15) is 0 Å². The van der Waals surface area contributed by atoms with E-state index in [1.165, 1.54) is 11.6 Å². The summed E-state index contributed by atoms with van der Waals surface area (Å²) in [4.78, 5) is 16.1. The van der Waals surface area contributed by atoms with Crippen molar-refractivity contribution < 1.29 is 4.79 Å². The van der Waals surface area contributed by atoms with Crippen molar-refractivity contribution in [2.24, 2.45) is 0 Å². The summed E-state index contributed by atoms with van der Waals surface area (Å²) in [5.41, 5.74) is 3.14. The third kappa shape index (κ3) is 3.51. The van der Waals surface area contributed by atoms with Crippen LogP contribution in [-0.2, 0) is 17.9 Å². The third-order valence-electron chi connectivity index (χ3n) is 3.57. The molecule has 0 radical (unpaired) electrons. The standard InChI is InChI=1S/C18H16BrN3O/c1-2-18(23)20-11-17-21-15-8-3-4-9-16(15)22(17)12-13-6-5-7-14(19)10-13/h2-10H,1,11-12H2,(H,20,23). The van der Waals surface area contributed by atoms with Crippen molar-refractivity contribution in [3.8, 4) is 0 Å². The van der Waals surface area contributed by atoms with E-state index in [-0.39, 0.29) is 5.91 Å². The summed E-state index contributed by atoms with van der Waals surface area (Å²) < 4.78 is 3.17. The molecule has 0 saturated carbocycles. The van der Waals surface area contributed by atoms with Crippen molar-refractivity contribution in [2.45, 2.75) is 13.1 Å². The predicted molar refractivity (Wildman–Crippen MR) is 95.0 cm³/mol. The monoisotopic (exact) mass is 369 g/mol. The number of nitrogens with zero attached hydrogens (tertiary/aromatic N) is 2. The smallest absolute Gasteiger partial charge is 0.243 e. The number of aromatic nitrogens is 2. The highest BCUT2D eigenvalue weighted by Crippen LogP contribution is 2.19. The molecule has 2 aromatic carbocycles. The van der Waals surface area contributed by atoms with Crippen molar-refractivity contribution in [3.63, 3.8) is 0 Å². The maximum absolute atomic E-state index is 11.4. The number of carbonyl (C=O) groups excluding carboxylic acids is 1. The van der Waals surface area contributed by atoms with Gasteiger partial charge in [0.25, 0.3) is 0 Å². The fourth-order valence-electron chi connectivity index (χ4n) is 2.49. The van der Waals surface area contributed by atoms with Gasteiger partial charge in [-0.25, -0.2) is 4.98 Å². The van der Waals surface area contributed by atoms with Gasteiger partial charge in [-0.3, -0.25) is 4.79 Å². The molecular formula is C18H16BrN3O. The number of nitrogens with one attached hydrogen (secondary N) is 1. The summed E-state index contributed by atoms with van der Waals surface area (Å²) in [7, 11) is 0. The van der Waals surface area contributed by atoms with Crippen LogP contribution in [0.4, 0.5) is 0 Å². The van der Waals surface area contributed by atoms with Gasteiger partial charge in [0.15, 0.2) is 0 Å². The van der Waals surface area contributed by atoms with Crippen LogP contribution in [0.25, 0.3) is 11.0 Å². The van der Waals surface area contributed by atoms with Crippen molar-refractivity contribution in [1.82, 2.24) is 14.9 Å². The van der Waals surface area contributed by atoms with Gasteiger partial charge in [0.05, 0.1) is 17.6 Å². The molecule has 5 heteroatoms. The largest absolute Gasteiger partial charge is 0.345 e. The van der Waals surface area contributed by atoms with Crippen LogP contribution in [-0.4, -0.2) is 15.5 Å². The van der Waals surface area contributed by atoms with E-state index in [1.54, 1.807) is 0 Å². The maximum atomic E-state index is 11.4. The molecular weight excluding hydrogens is 354 g/mol. The lowest BCUT2D eigenvalue weighted by Crippen LogP contribution is -2.22. The summed E-state index contributed by atoms with van der Waals surface area (Å²) in [6, 6.07) is 16.1. The van der Waals surface area contributed by atoms with E-state index in [4.69, 9.17) is 0 Å². The minimum Gasteiger partial charge on any atom is -0.345 e. The van der Waals surface area contributed by atoms with Crippen LogP contribution in [0.5, 0.6) is 0 Å². The fourth-order valence-corrected chi connectivity index (χ4v) is 2.94. The number of rotatable bonds is 5. The van der Waals surface area contributed by atoms with Gasteiger partial charge in [0, 0.05) is 11.0 Å². The van der Waals surface area contributed by atoms with Gasteiger partial charge < -0.3 is 9.88 Å². The molecule has 0 aliphatic heterocycles. The van der Waals surface area contributed by atoms with E-state index in [0.717, 1.165) is 21.3 Å². The third-order valence-corrected chi connectivity index (χ3v) is 4.06. The molecule has 0 unspecified atom stereocenters. The average Bonchev–Trinajstić information content (AvgIpc) is 2.90. The number of hydrogen-bond donors (Lipinski definition) is 1. The van der Waals surface area contributed by atoms with E-state index < -0.39 is 0 Å². The van der Waals surface area contributed by atoms with Crippen LogP contribution >= 0.6 is 15.9 Å². The Kier molecular flexibility index (Phi) is 4.57. The molecule has 1 aromatic heterocycles. The molecule has 23 heavy (non-hydrogen) atoms. The first-order valence-electron chi connectivity index (χ1n) is 7.26. The number of halogens is 1. The highest BCUT2D eigenvalue weighted by molar-refractivity contribution is 9.10. The van der Waals surface area contributed by atoms with Crippen LogP contribution in [0.2, 0.25) is 0 Å². The van der Waals surface area contributed by atoms with Crippen LogP contribution < -0.4 is 5.32 Å². The molecule has 116 valence electrons. The van der Waals surface area contributed by atoms with E-state index in [2.05, 4.69) is 49.5 Å². The van der Waals surface area contributed by atoms with Crippen molar-refractivity contribution in [2.75, 3.05) is 0 Å². The Hall–Kier alpha value is -2.40. The van der Waals surface area contributed by atoms with Crippen LogP contribution in [0, 0.1) is 0 Å². The molecule has 0 fully saturated rings. The van der Waals surface area contributed by atoms with E-state index in [9.17, 15) is 4.79 Å². The van der Waals surface area contributed by atoms with Crippen molar-refractivity contribution in [3.05, 3.63) is 77.0 Å². The lowest BCUT2D eigenvalue weighted by molar-refractivity contribution is -0.116. The molecule has 0 aliphatic rings. The number of fused-ring (bicyclic) bond motifs is 1. The Morgan fingerprint density at radius 3 is 2.87 bits per heavy atom. The van der Waals surface area contributed by atoms with E-state index in [0.29, 0.717) is 13.1 Å². The number of carbonyl (C=O) groups is 1. The second-order valence-corrected chi connectivity index (χ2v) is 6.07. The molecule has 0 bridgehead atoms. The maximum Gasteiger partial charge on any atom is 0.243 e. The normalized spacial score (nSPS) is 10.7. The fraction of sp³-hybridized carbons (Fsp3) is 0.111. The number of imidazole rings is 1. The first-order valence-corrected chi connectivity index (χ1v) is 8.05. The lowest BCUT2D eigenvalue weighted by atomic mass is 10.2. The Morgan fingerprint density at radius 2 is 2.09 bits per heavy atom. The minimum atomic E-state index is -0.203. The zero-order valence-corrected chi connectivity index (χ0v) is 14.1. The Balaban J connectivity index is 1.98. The number of benzene rings is 2. The second kappa shape index (κ2) is 6.79. The molecule has 4 nitrogen and oxygen atoms in total. The van der Waals surface area contributed by atoms with Crippen LogP contribution in [0.15, 0.2) is 65.7 Å². The molecule has 0 spiro atoms. The summed E-state index contributed by atoms with van der Waals surface area (Å²) in [6.07, 6.45) is 1.27. The summed E-state index contributed by atoms with van der Waals surface area (Å²) in [5.74, 6) is 0.618. The SMILES string of the molecule is C=CC(=O)NCc1nc2ccccc2n1Cc1cccc(Br)c1. The molecule has 0 atom stereocenters. The zero-order chi connectivity index (χ0) is 16.2. The quantitative estimate of drug-likeness (QED) is 0.697. The lowest BCUT2D eigenvalue weighted by Gasteiger charge is -2.10. The van der Waals surface area contributed by atoms with Crippen molar-refractivity contribution >= 4 is 32.9 Å². The Labute approximate surface area is 143 Å². The highest BCUT2D eigenvalue weighted by Gasteiger charge is 2.11. The van der Waals surface area contributed by atoms with E-state index >= 15 is 0 Å². The van der Waals surface area contributed by atoms with Gasteiger partial charge in [0.2, 0.25) is 5.91 Å². The minimum absolute atomic E-state index is 0.203. The summed E-state index contributed by atoms with van der Waals surface area (Å²) >= 11 is 3.50. The average molecular weight is 370 g/mol. The Morgan fingerprint density at radius 1 is 1.26 bits per heavy atom. The number of hydrogen-bond acceptors (Lipinski definition) is 2. The van der Waals surface area contributed by atoms with Gasteiger partial charge in [-0.05, 0) is 35.9 Å². The zero-order valence-electron chi connectivity index (χ0n) is 12.5. The molecule has 3 rings (SSSR count). The summed E-state index contributed by atoms with van der Waals surface area (Å²) in [6.45, 7) is 4.53. The molecule has 3 aromatic rings. The Bertz CT molecular complexity index is 870. The molecule has 1 N–H and O–H groups in total. The predicted octanol–water partition coefficient (Wildman–Crippen LogP) is 3.65. The van der Waals surface area contributed by atoms with Gasteiger partial charge >= 0.3 is 0 Å². The van der Waals surface area contributed by atoms with Gasteiger partial charge in [0.1, 0.15) is 5.82 Å². The van der Waals surface area contributed by atoms with Crippen LogP contribution in [0.1, 0.15) is 11.4 Å². The number of para-hydroxylation sites is 2. The molecule has 1 amide bonds. The first kappa shape index (κ1) is 15.5. The first-order chi connectivity index (χ1) is 11.2. The molecule has 0 saturated heterocycles. The molecule has 1 heterocycles. The topological polar surface area (TPSA) is 46.9 Å². The number of amides is 1. The van der Waals surface area contributed by atoms with Crippen molar-refractivity contribution in [1.29, 1.82) is 0 Å².